The molecule has 29 heavy (non-hydrogen) atoms. The molecular weight excluding hydrogens is 364 g/mol. The molecule has 0 unspecified atom stereocenters. The number of rotatable bonds is 4. The van der Waals surface area contributed by atoms with Gasteiger partial charge in [-0.3, -0.25) is 9.78 Å². The number of para-hydroxylation sites is 1. The number of carbonyl (C=O) groups excluding carboxylic acids is 2. The van der Waals surface area contributed by atoms with Crippen LogP contribution >= 0.6 is 0 Å². The van der Waals surface area contributed by atoms with Gasteiger partial charge in [-0.05, 0) is 56.4 Å². The first-order valence-corrected chi connectivity index (χ1v) is 9.98. The first-order valence-electron chi connectivity index (χ1n) is 9.98. The number of nitrogens with one attached hydrogen (secondary N) is 1. The number of hydrogen-bond acceptors (Lipinski definition) is 4. The summed E-state index contributed by atoms with van der Waals surface area (Å²) in [7, 11) is 0. The molecule has 0 bridgehead atoms. The fourth-order valence-electron chi connectivity index (χ4n) is 3.95. The van der Waals surface area contributed by atoms with Gasteiger partial charge >= 0.3 is 5.97 Å². The molecule has 2 atom stereocenters. The maximum absolute atomic E-state index is 12.8. The van der Waals surface area contributed by atoms with Crippen molar-refractivity contribution in [3.8, 4) is 0 Å². The molecule has 0 spiro atoms. The Morgan fingerprint density at radius 1 is 1.14 bits per heavy atom. The maximum Gasteiger partial charge on any atom is 0.339 e. The smallest absolute Gasteiger partial charge is 0.339 e. The SMILES string of the molecule is Cc1cc(C(=O)O[C@@H](C)C(=O)N[C@H]2CCCc3ccccc32)c2ccccc2n1. The van der Waals surface area contributed by atoms with Gasteiger partial charge in [-0.15, -0.1) is 0 Å². The summed E-state index contributed by atoms with van der Waals surface area (Å²) in [6, 6.07) is 17.3. The van der Waals surface area contributed by atoms with Crippen LogP contribution in [0.1, 0.15) is 53.0 Å². The lowest BCUT2D eigenvalue weighted by atomic mass is 9.87. The molecule has 0 radical (unpaired) electrons. The number of amides is 1. The largest absolute Gasteiger partial charge is 0.449 e. The predicted molar refractivity (Wildman–Crippen MR) is 112 cm³/mol. The zero-order valence-electron chi connectivity index (χ0n) is 16.6. The number of aromatic nitrogens is 1. The highest BCUT2D eigenvalue weighted by Crippen LogP contribution is 2.29. The lowest BCUT2D eigenvalue weighted by molar-refractivity contribution is -0.130. The third-order valence-electron chi connectivity index (χ3n) is 5.40. The van der Waals surface area contributed by atoms with Crippen molar-refractivity contribution in [2.75, 3.05) is 0 Å². The van der Waals surface area contributed by atoms with Gasteiger partial charge in [-0.1, -0.05) is 42.5 Å². The molecular formula is C24H24N2O3. The summed E-state index contributed by atoms with van der Waals surface area (Å²) < 4.78 is 5.51. The van der Waals surface area contributed by atoms with Gasteiger partial charge < -0.3 is 10.1 Å². The van der Waals surface area contributed by atoms with E-state index in [0.717, 1.165) is 41.4 Å². The highest BCUT2D eigenvalue weighted by atomic mass is 16.5. The molecule has 1 aliphatic carbocycles. The minimum absolute atomic E-state index is 0.0439. The van der Waals surface area contributed by atoms with Crippen LogP contribution in [0.3, 0.4) is 0 Å². The second kappa shape index (κ2) is 8.03. The van der Waals surface area contributed by atoms with Gasteiger partial charge in [-0.25, -0.2) is 4.79 Å². The second-order valence-electron chi connectivity index (χ2n) is 7.53. The van der Waals surface area contributed by atoms with Crippen LogP contribution in [-0.4, -0.2) is 23.0 Å². The number of carbonyl (C=O) groups is 2. The second-order valence-corrected chi connectivity index (χ2v) is 7.53. The number of fused-ring (bicyclic) bond motifs is 2. The molecule has 0 fully saturated rings. The van der Waals surface area contributed by atoms with Gasteiger partial charge in [0.1, 0.15) is 0 Å². The van der Waals surface area contributed by atoms with Crippen LogP contribution in [-0.2, 0) is 16.0 Å². The molecule has 2 aromatic carbocycles. The summed E-state index contributed by atoms with van der Waals surface area (Å²) in [6.45, 7) is 3.44. The van der Waals surface area contributed by atoms with Gasteiger partial charge in [0, 0.05) is 11.1 Å². The van der Waals surface area contributed by atoms with Gasteiger partial charge in [0.05, 0.1) is 17.1 Å². The molecule has 3 aromatic rings. The average Bonchev–Trinajstić information content (AvgIpc) is 2.73. The Labute approximate surface area is 170 Å². The highest BCUT2D eigenvalue weighted by Gasteiger charge is 2.26. The van der Waals surface area contributed by atoms with E-state index in [-0.39, 0.29) is 11.9 Å². The molecule has 1 aliphatic rings. The van der Waals surface area contributed by atoms with E-state index in [1.54, 1.807) is 13.0 Å². The molecule has 1 N–H and O–H groups in total. The number of hydrogen-bond donors (Lipinski definition) is 1. The van der Waals surface area contributed by atoms with Crippen molar-refractivity contribution in [2.24, 2.45) is 0 Å². The molecule has 1 aromatic heterocycles. The number of esters is 1. The van der Waals surface area contributed by atoms with E-state index in [2.05, 4.69) is 22.4 Å². The summed E-state index contributed by atoms with van der Waals surface area (Å²) in [6.07, 6.45) is 2.06. The number of aryl methyl sites for hydroxylation is 2. The Hall–Kier alpha value is -3.21. The molecule has 0 saturated heterocycles. The molecule has 0 aliphatic heterocycles. The maximum atomic E-state index is 12.8. The quantitative estimate of drug-likeness (QED) is 0.677. The lowest BCUT2D eigenvalue weighted by Crippen LogP contribution is -2.39. The van der Waals surface area contributed by atoms with Gasteiger partial charge in [0.2, 0.25) is 0 Å². The molecule has 148 valence electrons. The number of nitrogens with zero attached hydrogens (tertiary/aromatic N) is 1. The molecule has 1 amide bonds. The predicted octanol–water partition coefficient (Wildman–Crippen LogP) is 4.28. The van der Waals surface area contributed by atoms with E-state index < -0.39 is 12.1 Å². The van der Waals surface area contributed by atoms with Crippen molar-refractivity contribution in [1.82, 2.24) is 10.3 Å². The fraction of sp³-hybridized carbons (Fsp3) is 0.292. The highest BCUT2D eigenvalue weighted by molar-refractivity contribution is 6.04. The van der Waals surface area contributed by atoms with Crippen molar-refractivity contribution < 1.29 is 14.3 Å². The monoisotopic (exact) mass is 388 g/mol. The van der Waals surface area contributed by atoms with Crippen molar-refractivity contribution in [3.05, 3.63) is 77.0 Å². The Morgan fingerprint density at radius 3 is 2.76 bits per heavy atom. The van der Waals surface area contributed by atoms with E-state index in [9.17, 15) is 9.59 Å². The summed E-state index contributed by atoms with van der Waals surface area (Å²) in [5, 5.41) is 3.77. The van der Waals surface area contributed by atoms with Crippen molar-refractivity contribution in [2.45, 2.75) is 45.3 Å². The number of benzene rings is 2. The van der Waals surface area contributed by atoms with Crippen LogP contribution in [0, 0.1) is 6.92 Å². The molecule has 4 rings (SSSR count). The van der Waals surface area contributed by atoms with Crippen LogP contribution in [0.5, 0.6) is 0 Å². The molecule has 0 saturated carbocycles. The molecule has 5 nitrogen and oxygen atoms in total. The van der Waals surface area contributed by atoms with E-state index in [1.165, 1.54) is 5.56 Å². The van der Waals surface area contributed by atoms with E-state index >= 15 is 0 Å². The Balaban J connectivity index is 1.48. The zero-order chi connectivity index (χ0) is 20.4. The normalized spacial score (nSPS) is 16.7. The number of pyridine rings is 1. The van der Waals surface area contributed by atoms with Gasteiger partial charge in [0.25, 0.3) is 5.91 Å². The van der Waals surface area contributed by atoms with Crippen molar-refractivity contribution >= 4 is 22.8 Å². The van der Waals surface area contributed by atoms with Crippen LogP contribution in [0.25, 0.3) is 10.9 Å². The average molecular weight is 388 g/mol. The van der Waals surface area contributed by atoms with Gasteiger partial charge in [-0.2, -0.15) is 0 Å². The summed E-state index contributed by atoms with van der Waals surface area (Å²) >= 11 is 0. The number of ether oxygens (including phenoxy) is 1. The third kappa shape index (κ3) is 3.99. The Bertz CT molecular complexity index is 1080. The lowest BCUT2D eigenvalue weighted by Gasteiger charge is -2.27. The summed E-state index contributed by atoms with van der Waals surface area (Å²) in [5.74, 6) is -0.798. The van der Waals surface area contributed by atoms with Crippen LogP contribution in [0.2, 0.25) is 0 Å². The Morgan fingerprint density at radius 2 is 1.90 bits per heavy atom. The minimum atomic E-state index is -0.885. The fourth-order valence-corrected chi connectivity index (χ4v) is 3.95. The minimum Gasteiger partial charge on any atom is -0.449 e. The zero-order valence-corrected chi connectivity index (χ0v) is 16.6. The van der Waals surface area contributed by atoms with Crippen molar-refractivity contribution in [1.29, 1.82) is 0 Å². The van der Waals surface area contributed by atoms with Crippen LogP contribution in [0.4, 0.5) is 0 Å². The third-order valence-corrected chi connectivity index (χ3v) is 5.40. The van der Waals surface area contributed by atoms with Crippen LogP contribution in [0.15, 0.2) is 54.6 Å². The van der Waals surface area contributed by atoms with Crippen molar-refractivity contribution in [3.63, 3.8) is 0 Å². The summed E-state index contributed by atoms with van der Waals surface area (Å²) in [5.41, 5.74) is 4.31. The standard InChI is InChI=1S/C24H24N2O3/c1-15-14-20(19-11-5-6-12-22(19)25-15)24(28)29-16(2)23(27)26-21-13-7-9-17-8-3-4-10-18(17)21/h3-6,8,10-12,14,16,21H,7,9,13H2,1-2H3,(H,26,27)/t16-,21-/m0/s1. The molecule has 5 heteroatoms. The topological polar surface area (TPSA) is 68.3 Å². The van der Waals surface area contributed by atoms with E-state index in [1.807, 2.05) is 43.3 Å². The van der Waals surface area contributed by atoms with Crippen LogP contribution < -0.4 is 5.32 Å². The first kappa shape index (κ1) is 19.1. The molecule has 1 heterocycles. The van der Waals surface area contributed by atoms with E-state index in [4.69, 9.17) is 4.74 Å². The van der Waals surface area contributed by atoms with E-state index in [0.29, 0.717) is 5.56 Å². The Kier molecular flexibility index (Phi) is 5.30. The summed E-state index contributed by atoms with van der Waals surface area (Å²) in [4.78, 5) is 29.9. The van der Waals surface area contributed by atoms with Gasteiger partial charge in [0.15, 0.2) is 6.10 Å². The first-order chi connectivity index (χ1) is 14.0.